The average Bonchev–Trinajstić information content (AvgIpc) is 3.41. The number of Topliss-reactive ketones (excluding diaryl/α,β-unsaturated/α-hetero) is 1. The van der Waals surface area contributed by atoms with E-state index in [-0.39, 0.29) is 18.3 Å². The van der Waals surface area contributed by atoms with Gasteiger partial charge in [0.15, 0.2) is 5.78 Å². The molecule has 0 saturated carbocycles. The monoisotopic (exact) mass is 627 g/mol. The number of rotatable bonds is 12. The highest BCUT2D eigenvalue weighted by Crippen LogP contribution is 2.45. The van der Waals surface area contributed by atoms with Gasteiger partial charge in [0, 0.05) is 23.9 Å². The first-order valence-electron chi connectivity index (χ1n) is 16.0. The number of alkyl carbamates (subject to hydrolysis) is 1. The van der Waals surface area contributed by atoms with Crippen LogP contribution in [0.15, 0.2) is 127 Å². The van der Waals surface area contributed by atoms with Gasteiger partial charge in [0.2, 0.25) is 0 Å². The van der Waals surface area contributed by atoms with E-state index in [1.165, 1.54) is 22.3 Å². The lowest BCUT2D eigenvalue weighted by atomic mass is 9.65. The van der Waals surface area contributed by atoms with Crippen LogP contribution < -0.4 is 5.32 Å². The van der Waals surface area contributed by atoms with Gasteiger partial charge >= 0.3 is 6.09 Å². The summed E-state index contributed by atoms with van der Waals surface area (Å²) in [7, 11) is 0. The molecule has 1 unspecified atom stereocenters. The number of benzene rings is 5. The molecule has 5 aromatic carbocycles. The number of carbonyl (C=O) groups excluding carboxylic acids is 2. The molecule has 1 aliphatic rings. The minimum Gasteiger partial charge on any atom is -0.449 e. The molecule has 0 aliphatic heterocycles. The Bertz CT molecular complexity index is 1770. The van der Waals surface area contributed by atoms with Gasteiger partial charge in [-0.05, 0) is 64.8 Å². The molecular weight excluding hydrogens is 590 g/mol. The first-order valence-corrected chi connectivity index (χ1v) is 16.4. The maximum Gasteiger partial charge on any atom is 0.407 e. The van der Waals surface area contributed by atoms with Crippen molar-refractivity contribution in [2.45, 2.75) is 43.9 Å². The third-order valence-corrected chi connectivity index (χ3v) is 9.41. The van der Waals surface area contributed by atoms with Gasteiger partial charge in [-0.3, -0.25) is 4.79 Å². The molecule has 5 heteroatoms. The predicted octanol–water partition coefficient (Wildman–Crippen LogP) is 9.65. The lowest BCUT2D eigenvalue weighted by Gasteiger charge is -2.35. The smallest absolute Gasteiger partial charge is 0.407 e. The van der Waals surface area contributed by atoms with E-state index in [4.69, 9.17) is 16.3 Å². The van der Waals surface area contributed by atoms with Gasteiger partial charge in [-0.1, -0.05) is 145 Å². The van der Waals surface area contributed by atoms with Crippen molar-refractivity contribution in [3.05, 3.63) is 166 Å². The predicted molar refractivity (Wildman–Crippen MR) is 186 cm³/mol. The number of unbranched alkanes of at least 4 members (excludes halogenated alkanes) is 2. The second kappa shape index (κ2) is 14.2. The Labute approximate surface area is 276 Å². The average molecular weight is 628 g/mol. The topological polar surface area (TPSA) is 55.4 Å². The van der Waals surface area contributed by atoms with Crippen LogP contribution in [0.3, 0.4) is 0 Å². The van der Waals surface area contributed by atoms with Crippen molar-refractivity contribution in [1.29, 1.82) is 0 Å². The summed E-state index contributed by atoms with van der Waals surface area (Å²) in [6.45, 7) is 2.82. The molecule has 1 aliphatic carbocycles. The van der Waals surface area contributed by atoms with Crippen LogP contribution in [-0.2, 0) is 14.9 Å². The minimum atomic E-state index is -1.03. The van der Waals surface area contributed by atoms with Crippen molar-refractivity contribution in [1.82, 2.24) is 5.32 Å². The van der Waals surface area contributed by atoms with Crippen molar-refractivity contribution in [3.63, 3.8) is 0 Å². The van der Waals surface area contributed by atoms with E-state index in [1.807, 2.05) is 110 Å². The van der Waals surface area contributed by atoms with Gasteiger partial charge in [-0.25, -0.2) is 4.79 Å². The number of hydrogen-bond acceptors (Lipinski definition) is 3. The molecule has 6 rings (SSSR count). The number of carbonyl (C=O) groups is 2. The van der Waals surface area contributed by atoms with Crippen LogP contribution in [0.25, 0.3) is 11.1 Å². The van der Waals surface area contributed by atoms with E-state index in [9.17, 15) is 9.59 Å². The Morgan fingerprint density at radius 3 is 1.96 bits per heavy atom. The second-order valence-electron chi connectivity index (χ2n) is 11.9. The van der Waals surface area contributed by atoms with Crippen LogP contribution in [0.5, 0.6) is 0 Å². The number of aryl methyl sites for hydroxylation is 1. The number of amides is 1. The maximum atomic E-state index is 14.5. The highest BCUT2D eigenvalue weighted by atomic mass is 35.5. The SMILES string of the molecule is Cc1ccc(C(C(=O)CCCCCNC(=O)OCC2c3ccccc3-c3ccccc32)(c2ccccc2)c2ccccc2Cl)cc1. The molecule has 1 amide bonds. The summed E-state index contributed by atoms with van der Waals surface area (Å²) in [4.78, 5) is 27.1. The molecule has 1 atom stereocenters. The molecule has 0 radical (unpaired) electrons. The van der Waals surface area contributed by atoms with Crippen LogP contribution in [-0.4, -0.2) is 25.0 Å². The van der Waals surface area contributed by atoms with Gasteiger partial charge in [0.25, 0.3) is 0 Å². The highest BCUT2D eigenvalue weighted by molar-refractivity contribution is 6.32. The lowest BCUT2D eigenvalue weighted by molar-refractivity contribution is -0.122. The number of fused-ring (bicyclic) bond motifs is 3. The Morgan fingerprint density at radius 1 is 0.696 bits per heavy atom. The van der Waals surface area contributed by atoms with Gasteiger partial charge in [0.05, 0.1) is 0 Å². The fraction of sp³-hybridized carbons (Fsp3) is 0.220. The fourth-order valence-corrected chi connectivity index (χ4v) is 7.10. The number of nitrogens with one attached hydrogen (secondary N) is 1. The molecule has 0 spiro atoms. The zero-order chi connectivity index (χ0) is 31.9. The van der Waals surface area contributed by atoms with Crippen molar-refractivity contribution in [2.75, 3.05) is 13.2 Å². The van der Waals surface area contributed by atoms with E-state index in [2.05, 4.69) is 29.6 Å². The standard InChI is InChI=1S/C41H38ClNO3/c1-29-23-25-31(26-24-29)41(30-14-4-2-5-15-30,37-20-11-12-21-38(37)42)39(44)22-6-3-13-27-43-40(45)46-28-36-34-18-9-7-16-32(34)33-17-8-10-19-35(33)36/h2,4-5,7-12,14-21,23-26,36H,3,6,13,22,27-28H2,1H3,(H,43,45). The van der Waals surface area contributed by atoms with Crippen LogP contribution >= 0.6 is 11.6 Å². The minimum absolute atomic E-state index is 0.0284. The van der Waals surface area contributed by atoms with E-state index < -0.39 is 11.5 Å². The van der Waals surface area contributed by atoms with Crippen LogP contribution in [0.4, 0.5) is 4.79 Å². The van der Waals surface area contributed by atoms with Gasteiger partial charge in [0.1, 0.15) is 12.0 Å². The molecule has 0 fully saturated rings. The summed E-state index contributed by atoms with van der Waals surface area (Å²) >= 11 is 6.83. The third-order valence-electron chi connectivity index (χ3n) is 9.08. The third kappa shape index (κ3) is 6.23. The number of hydrogen-bond donors (Lipinski definition) is 1. The van der Waals surface area contributed by atoms with Crippen molar-refractivity contribution < 1.29 is 14.3 Å². The van der Waals surface area contributed by atoms with Crippen LogP contribution in [0.1, 0.15) is 65.0 Å². The summed E-state index contributed by atoms with van der Waals surface area (Å²) in [5, 5.41) is 3.46. The summed E-state index contributed by atoms with van der Waals surface area (Å²) in [6.07, 6.45) is 2.18. The summed E-state index contributed by atoms with van der Waals surface area (Å²) in [5.74, 6) is 0.126. The quantitative estimate of drug-likeness (QED) is 0.111. The molecule has 1 N–H and O–H groups in total. The Hall–Kier alpha value is -4.67. The van der Waals surface area contributed by atoms with E-state index in [0.29, 0.717) is 24.4 Å². The van der Waals surface area contributed by atoms with Crippen molar-refractivity contribution in [2.24, 2.45) is 0 Å². The van der Waals surface area contributed by atoms with Gasteiger partial charge < -0.3 is 10.1 Å². The number of halogens is 1. The second-order valence-corrected chi connectivity index (χ2v) is 12.4. The number of ether oxygens (including phenoxy) is 1. The molecule has 0 heterocycles. The first kappa shape index (κ1) is 31.3. The zero-order valence-corrected chi connectivity index (χ0v) is 26.8. The Morgan fingerprint density at radius 2 is 1.28 bits per heavy atom. The molecular formula is C41H38ClNO3. The molecule has 5 aromatic rings. The lowest BCUT2D eigenvalue weighted by Crippen LogP contribution is -2.39. The van der Waals surface area contributed by atoms with E-state index in [0.717, 1.165) is 35.1 Å². The zero-order valence-electron chi connectivity index (χ0n) is 26.0. The molecule has 0 bridgehead atoms. The molecule has 46 heavy (non-hydrogen) atoms. The summed E-state index contributed by atoms with van der Waals surface area (Å²) < 4.78 is 5.68. The van der Waals surface area contributed by atoms with Crippen LogP contribution in [0, 0.1) is 6.92 Å². The fourth-order valence-electron chi connectivity index (χ4n) is 6.82. The first-order chi connectivity index (χ1) is 22.5. The van der Waals surface area contributed by atoms with Crippen molar-refractivity contribution >= 4 is 23.5 Å². The summed E-state index contributed by atoms with van der Waals surface area (Å²) in [5.41, 5.74) is 7.46. The Kier molecular flexibility index (Phi) is 9.65. The molecule has 232 valence electrons. The molecule has 0 aromatic heterocycles. The molecule has 0 saturated heterocycles. The normalized spacial score (nSPS) is 13.3. The van der Waals surface area contributed by atoms with E-state index >= 15 is 0 Å². The molecule has 4 nitrogen and oxygen atoms in total. The van der Waals surface area contributed by atoms with Crippen molar-refractivity contribution in [3.8, 4) is 11.1 Å². The van der Waals surface area contributed by atoms with Gasteiger partial charge in [-0.2, -0.15) is 0 Å². The largest absolute Gasteiger partial charge is 0.449 e. The number of ketones is 1. The van der Waals surface area contributed by atoms with Crippen LogP contribution in [0.2, 0.25) is 5.02 Å². The van der Waals surface area contributed by atoms with E-state index in [1.54, 1.807) is 0 Å². The summed E-state index contributed by atoms with van der Waals surface area (Å²) in [6, 6.07) is 42.4. The Balaban J connectivity index is 1.07. The highest BCUT2D eigenvalue weighted by Gasteiger charge is 2.44. The maximum absolute atomic E-state index is 14.5. The van der Waals surface area contributed by atoms with Gasteiger partial charge in [-0.15, -0.1) is 0 Å².